The molecule has 2 N–H and O–H groups in total. The lowest BCUT2D eigenvalue weighted by atomic mass is 10.1. The predicted molar refractivity (Wildman–Crippen MR) is 77.4 cm³/mol. The number of aromatic nitrogens is 1. The van der Waals surface area contributed by atoms with Crippen LogP contribution in [0.3, 0.4) is 0 Å². The molecule has 2 rings (SSSR count). The van der Waals surface area contributed by atoms with Crippen molar-refractivity contribution in [3.05, 3.63) is 48.3 Å². The molecule has 0 radical (unpaired) electrons. The van der Waals surface area contributed by atoms with Crippen LogP contribution < -0.4 is 10.6 Å². The number of nitriles is 1. The second-order valence-corrected chi connectivity index (χ2v) is 4.15. The monoisotopic (exact) mass is 252 g/mol. The van der Waals surface area contributed by atoms with Gasteiger partial charge in [0.05, 0.1) is 36.3 Å². The van der Waals surface area contributed by atoms with Crippen molar-refractivity contribution in [2.75, 3.05) is 17.2 Å². The number of pyridine rings is 1. The van der Waals surface area contributed by atoms with Crippen molar-refractivity contribution in [1.82, 2.24) is 4.98 Å². The molecule has 0 aliphatic rings. The van der Waals surface area contributed by atoms with Crippen molar-refractivity contribution >= 4 is 17.1 Å². The highest BCUT2D eigenvalue weighted by Gasteiger charge is 1.98. The third kappa shape index (κ3) is 3.71. The number of nitrogens with one attached hydrogen (secondary N) is 2. The number of nitrogens with zero attached hydrogens (tertiary/aromatic N) is 2. The molecule has 0 aliphatic carbocycles. The molecule has 1 aromatic carbocycles. The van der Waals surface area contributed by atoms with Gasteiger partial charge in [-0.15, -0.1) is 0 Å². The lowest BCUT2D eigenvalue weighted by molar-refractivity contribution is 1.19. The summed E-state index contributed by atoms with van der Waals surface area (Å²) >= 11 is 0. The molecular weight excluding hydrogens is 236 g/mol. The Morgan fingerprint density at radius 3 is 2.53 bits per heavy atom. The highest BCUT2D eigenvalue weighted by molar-refractivity contribution is 5.63. The van der Waals surface area contributed by atoms with Gasteiger partial charge in [-0.2, -0.15) is 5.26 Å². The Balaban J connectivity index is 2.08. The van der Waals surface area contributed by atoms with E-state index in [0.29, 0.717) is 6.42 Å². The molecule has 96 valence electrons. The Hall–Kier alpha value is -2.54. The molecule has 0 saturated carbocycles. The maximum absolute atomic E-state index is 8.62. The first-order valence-electron chi connectivity index (χ1n) is 6.23. The average Bonchev–Trinajstić information content (AvgIpc) is 2.42. The van der Waals surface area contributed by atoms with Gasteiger partial charge in [0.15, 0.2) is 0 Å². The normalized spacial score (nSPS) is 9.68. The molecule has 0 atom stereocenters. The van der Waals surface area contributed by atoms with E-state index in [1.54, 1.807) is 12.4 Å². The van der Waals surface area contributed by atoms with Gasteiger partial charge in [0.2, 0.25) is 0 Å². The topological polar surface area (TPSA) is 60.7 Å². The van der Waals surface area contributed by atoms with E-state index in [4.69, 9.17) is 5.26 Å². The molecule has 0 unspecified atom stereocenters. The predicted octanol–water partition coefficient (Wildman–Crippen LogP) is 3.32. The number of benzene rings is 1. The Morgan fingerprint density at radius 2 is 1.84 bits per heavy atom. The molecule has 2 aromatic rings. The summed E-state index contributed by atoms with van der Waals surface area (Å²) in [6, 6.07) is 12.0. The van der Waals surface area contributed by atoms with Crippen molar-refractivity contribution in [3.63, 3.8) is 0 Å². The number of hydrogen-bond acceptors (Lipinski definition) is 4. The molecule has 1 heterocycles. The summed E-state index contributed by atoms with van der Waals surface area (Å²) in [5.41, 5.74) is 3.93. The van der Waals surface area contributed by atoms with E-state index >= 15 is 0 Å². The quantitative estimate of drug-likeness (QED) is 0.857. The minimum Gasteiger partial charge on any atom is -0.384 e. The van der Waals surface area contributed by atoms with Crippen LogP contribution in [0.1, 0.15) is 12.5 Å². The molecule has 4 nitrogen and oxygen atoms in total. The van der Waals surface area contributed by atoms with E-state index in [0.717, 1.165) is 29.2 Å². The van der Waals surface area contributed by atoms with Crippen LogP contribution in [0.5, 0.6) is 0 Å². The first kappa shape index (κ1) is 12.9. The molecule has 0 amide bonds. The van der Waals surface area contributed by atoms with Gasteiger partial charge in [-0.25, -0.2) is 0 Å². The zero-order chi connectivity index (χ0) is 13.5. The van der Waals surface area contributed by atoms with Crippen LogP contribution in [-0.2, 0) is 6.42 Å². The van der Waals surface area contributed by atoms with Crippen molar-refractivity contribution in [1.29, 1.82) is 5.26 Å². The van der Waals surface area contributed by atoms with Crippen LogP contribution in [-0.4, -0.2) is 11.5 Å². The average molecular weight is 252 g/mol. The fourth-order valence-electron chi connectivity index (χ4n) is 1.77. The van der Waals surface area contributed by atoms with E-state index in [2.05, 4.69) is 21.7 Å². The van der Waals surface area contributed by atoms with E-state index in [-0.39, 0.29) is 0 Å². The molecule has 0 bridgehead atoms. The number of hydrogen-bond donors (Lipinski definition) is 2. The van der Waals surface area contributed by atoms with Crippen molar-refractivity contribution in [3.8, 4) is 6.07 Å². The third-order valence-corrected chi connectivity index (χ3v) is 2.64. The SMILES string of the molecule is CCNc1cncc(Nc2ccc(CC#N)cc2)c1. The van der Waals surface area contributed by atoms with Gasteiger partial charge in [-0.3, -0.25) is 4.98 Å². The fourth-order valence-corrected chi connectivity index (χ4v) is 1.77. The Bertz CT molecular complexity index is 569. The largest absolute Gasteiger partial charge is 0.384 e. The Morgan fingerprint density at radius 1 is 1.11 bits per heavy atom. The molecule has 0 fully saturated rings. The van der Waals surface area contributed by atoms with Crippen LogP contribution in [0.15, 0.2) is 42.7 Å². The summed E-state index contributed by atoms with van der Waals surface area (Å²) in [7, 11) is 0. The van der Waals surface area contributed by atoms with Crippen molar-refractivity contribution in [2.24, 2.45) is 0 Å². The Kier molecular flexibility index (Phi) is 4.35. The van der Waals surface area contributed by atoms with Gasteiger partial charge < -0.3 is 10.6 Å². The summed E-state index contributed by atoms with van der Waals surface area (Å²) in [6.07, 6.45) is 4.02. The first-order chi connectivity index (χ1) is 9.31. The minimum atomic E-state index is 0.442. The van der Waals surface area contributed by atoms with Gasteiger partial charge >= 0.3 is 0 Å². The van der Waals surface area contributed by atoms with Crippen LogP contribution in [0.4, 0.5) is 17.1 Å². The zero-order valence-electron chi connectivity index (χ0n) is 10.9. The summed E-state index contributed by atoms with van der Waals surface area (Å²) in [6.45, 7) is 2.92. The highest BCUT2D eigenvalue weighted by Crippen LogP contribution is 2.19. The van der Waals surface area contributed by atoms with Crippen LogP contribution in [0, 0.1) is 11.3 Å². The molecule has 0 aliphatic heterocycles. The van der Waals surface area contributed by atoms with Gasteiger partial charge in [0.1, 0.15) is 0 Å². The van der Waals surface area contributed by atoms with Gasteiger partial charge in [-0.1, -0.05) is 12.1 Å². The summed E-state index contributed by atoms with van der Waals surface area (Å²) in [4.78, 5) is 4.18. The lowest BCUT2D eigenvalue weighted by Crippen LogP contribution is -1.98. The molecule has 0 saturated heterocycles. The summed E-state index contributed by atoms with van der Waals surface area (Å²) < 4.78 is 0. The van der Waals surface area contributed by atoms with E-state index in [9.17, 15) is 0 Å². The molecule has 19 heavy (non-hydrogen) atoms. The van der Waals surface area contributed by atoms with Crippen LogP contribution in [0.2, 0.25) is 0 Å². The summed E-state index contributed by atoms with van der Waals surface area (Å²) in [5, 5.41) is 15.1. The minimum absolute atomic E-state index is 0.442. The lowest BCUT2D eigenvalue weighted by Gasteiger charge is -2.09. The van der Waals surface area contributed by atoms with Gasteiger partial charge in [0.25, 0.3) is 0 Å². The van der Waals surface area contributed by atoms with E-state index in [1.165, 1.54) is 0 Å². The molecule has 0 spiro atoms. The second kappa shape index (κ2) is 6.41. The molecule has 1 aromatic heterocycles. The van der Waals surface area contributed by atoms with Crippen LogP contribution in [0.25, 0.3) is 0 Å². The number of rotatable bonds is 5. The first-order valence-corrected chi connectivity index (χ1v) is 6.23. The standard InChI is InChI=1S/C15H16N4/c1-2-18-14-9-15(11-17-10-14)19-13-5-3-12(4-6-13)7-8-16/h3-6,9-11,18-19H,2,7H2,1H3. The van der Waals surface area contributed by atoms with Gasteiger partial charge in [-0.05, 0) is 30.7 Å². The second-order valence-electron chi connectivity index (χ2n) is 4.15. The molecular formula is C15H16N4. The number of anilines is 3. The van der Waals surface area contributed by atoms with Gasteiger partial charge in [0, 0.05) is 12.2 Å². The molecule has 4 heteroatoms. The van der Waals surface area contributed by atoms with Crippen molar-refractivity contribution < 1.29 is 0 Å². The third-order valence-electron chi connectivity index (χ3n) is 2.64. The zero-order valence-corrected chi connectivity index (χ0v) is 10.9. The fraction of sp³-hybridized carbons (Fsp3) is 0.200. The summed E-state index contributed by atoms with van der Waals surface area (Å²) in [5.74, 6) is 0. The highest BCUT2D eigenvalue weighted by atomic mass is 14.9. The van der Waals surface area contributed by atoms with Crippen LogP contribution >= 0.6 is 0 Å². The van der Waals surface area contributed by atoms with Crippen molar-refractivity contribution in [2.45, 2.75) is 13.3 Å². The Labute approximate surface area is 113 Å². The van der Waals surface area contributed by atoms with E-state index in [1.807, 2.05) is 37.3 Å². The smallest absolute Gasteiger partial charge is 0.0669 e. The van der Waals surface area contributed by atoms with E-state index < -0.39 is 0 Å². The maximum atomic E-state index is 8.62. The maximum Gasteiger partial charge on any atom is 0.0669 e.